The first-order chi connectivity index (χ1) is 12.7. The molecular formula is C22H20ClNOS. The maximum absolute atomic E-state index is 12.9. The average Bonchev–Trinajstić information content (AvgIpc) is 3.08. The van der Waals surface area contributed by atoms with E-state index in [9.17, 15) is 4.79 Å². The summed E-state index contributed by atoms with van der Waals surface area (Å²) in [4.78, 5) is 13.9. The monoisotopic (exact) mass is 381 g/mol. The maximum Gasteiger partial charge on any atom is 0.237 e. The molecule has 0 aromatic heterocycles. The van der Waals surface area contributed by atoms with Gasteiger partial charge < -0.3 is 5.32 Å². The summed E-state index contributed by atoms with van der Waals surface area (Å²) in [6.07, 6.45) is 2.95. The van der Waals surface area contributed by atoms with Crippen LogP contribution in [0.3, 0.4) is 0 Å². The molecule has 3 aromatic rings. The Hall–Kier alpha value is -1.97. The molecule has 0 spiro atoms. The summed E-state index contributed by atoms with van der Waals surface area (Å²) in [5.74, 6) is 0.0474. The highest BCUT2D eigenvalue weighted by Gasteiger charge is 2.21. The van der Waals surface area contributed by atoms with Gasteiger partial charge in [0.25, 0.3) is 0 Å². The van der Waals surface area contributed by atoms with Gasteiger partial charge in [0.1, 0.15) is 0 Å². The fourth-order valence-corrected chi connectivity index (χ4v) is 4.65. The van der Waals surface area contributed by atoms with E-state index in [1.807, 2.05) is 37.3 Å². The maximum atomic E-state index is 12.9. The Balaban J connectivity index is 1.57. The molecule has 4 heteroatoms. The Labute approximate surface area is 162 Å². The van der Waals surface area contributed by atoms with Crippen LogP contribution in [0.5, 0.6) is 0 Å². The van der Waals surface area contributed by atoms with Gasteiger partial charge in [-0.1, -0.05) is 42.8 Å². The fourth-order valence-electron chi connectivity index (χ4n) is 3.57. The third-order valence-electron chi connectivity index (χ3n) is 4.89. The van der Waals surface area contributed by atoms with Crippen molar-refractivity contribution in [1.29, 1.82) is 0 Å². The van der Waals surface area contributed by atoms with Gasteiger partial charge >= 0.3 is 0 Å². The van der Waals surface area contributed by atoms with E-state index in [0.29, 0.717) is 5.02 Å². The second kappa shape index (κ2) is 7.34. The van der Waals surface area contributed by atoms with Gasteiger partial charge in [-0.15, -0.1) is 11.8 Å². The Morgan fingerprint density at radius 1 is 1.08 bits per heavy atom. The number of aryl methyl sites for hydroxylation is 2. The molecule has 0 unspecified atom stereocenters. The third-order valence-corrected chi connectivity index (χ3v) is 6.52. The number of amides is 1. The van der Waals surface area contributed by atoms with E-state index < -0.39 is 0 Å². The smallest absolute Gasteiger partial charge is 0.237 e. The molecule has 3 aromatic carbocycles. The van der Waals surface area contributed by atoms with Gasteiger partial charge in [0.2, 0.25) is 5.91 Å². The summed E-state index contributed by atoms with van der Waals surface area (Å²) >= 11 is 7.53. The highest BCUT2D eigenvalue weighted by molar-refractivity contribution is 8.00. The molecule has 2 nitrogen and oxygen atoms in total. The predicted molar refractivity (Wildman–Crippen MR) is 111 cm³/mol. The summed E-state index contributed by atoms with van der Waals surface area (Å²) in [7, 11) is 0. The zero-order valence-electron chi connectivity index (χ0n) is 14.6. The van der Waals surface area contributed by atoms with Crippen LogP contribution in [0, 0.1) is 0 Å². The first-order valence-electron chi connectivity index (χ1n) is 8.92. The molecule has 26 heavy (non-hydrogen) atoms. The topological polar surface area (TPSA) is 29.1 Å². The van der Waals surface area contributed by atoms with Gasteiger partial charge in [0.05, 0.1) is 5.25 Å². The molecule has 1 atom stereocenters. The molecule has 0 saturated heterocycles. The highest BCUT2D eigenvalue weighted by Crippen LogP contribution is 2.35. The van der Waals surface area contributed by atoms with Gasteiger partial charge in [-0.05, 0) is 66.1 Å². The van der Waals surface area contributed by atoms with Gasteiger partial charge in [-0.3, -0.25) is 4.79 Å². The van der Waals surface area contributed by atoms with E-state index in [-0.39, 0.29) is 11.2 Å². The highest BCUT2D eigenvalue weighted by atomic mass is 35.5. The van der Waals surface area contributed by atoms with E-state index >= 15 is 0 Å². The Bertz CT molecular complexity index is 958. The van der Waals surface area contributed by atoms with Crippen molar-refractivity contribution in [3.8, 4) is 0 Å². The lowest BCUT2D eigenvalue weighted by atomic mass is 10.0. The van der Waals surface area contributed by atoms with E-state index in [1.165, 1.54) is 16.5 Å². The minimum Gasteiger partial charge on any atom is -0.325 e. The van der Waals surface area contributed by atoms with E-state index in [1.54, 1.807) is 11.8 Å². The van der Waals surface area contributed by atoms with E-state index in [4.69, 9.17) is 11.6 Å². The molecule has 0 bridgehead atoms. The molecule has 4 rings (SSSR count). The van der Waals surface area contributed by atoms with Crippen molar-refractivity contribution < 1.29 is 4.79 Å². The van der Waals surface area contributed by atoms with Crippen LogP contribution in [0.2, 0.25) is 5.02 Å². The first kappa shape index (κ1) is 17.4. The first-order valence-corrected chi connectivity index (χ1v) is 10.2. The van der Waals surface area contributed by atoms with Crippen LogP contribution in [-0.2, 0) is 17.6 Å². The van der Waals surface area contributed by atoms with Crippen LogP contribution >= 0.6 is 23.4 Å². The molecule has 1 N–H and O–H groups in total. The number of nitrogens with one attached hydrogen (secondary N) is 1. The fraction of sp³-hybridized carbons (Fsp3) is 0.227. The second-order valence-corrected chi connectivity index (χ2v) is 8.28. The number of thioether (sulfide) groups is 1. The number of carbonyl (C=O) groups excluding carboxylic acids is 1. The van der Waals surface area contributed by atoms with Crippen LogP contribution in [0.4, 0.5) is 5.69 Å². The van der Waals surface area contributed by atoms with Gasteiger partial charge in [-0.2, -0.15) is 0 Å². The molecule has 1 aliphatic rings. The largest absolute Gasteiger partial charge is 0.325 e. The van der Waals surface area contributed by atoms with Crippen molar-refractivity contribution in [2.45, 2.75) is 36.3 Å². The van der Waals surface area contributed by atoms with Crippen LogP contribution in [0.25, 0.3) is 10.8 Å². The lowest BCUT2D eigenvalue weighted by Gasteiger charge is -2.16. The lowest BCUT2D eigenvalue weighted by molar-refractivity contribution is -0.115. The molecule has 0 aliphatic heterocycles. The standard InChI is InChI=1S/C22H20ClNOS/c1-2-20(26-17-11-9-16(23)10-12-17)22(25)24-19-13-8-15-7-6-14-4-3-5-18(19)21(14)15/h3-5,8-13,20H,2,6-7H2,1H3,(H,24,25)/t20-/m1/s1. The minimum absolute atomic E-state index is 0.0474. The van der Waals surface area contributed by atoms with Crippen molar-refractivity contribution in [2.24, 2.45) is 0 Å². The van der Waals surface area contributed by atoms with Gasteiger partial charge in [0, 0.05) is 21.0 Å². The number of benzene rings is 3. The predicted octanol–water partition coefficient (Wildman–Crippen LogP) is 6.10. The summed E-state index contributed by atoms with van der Waals surface area (Å²) in [6.45, 7) is 2.04. The third kappa shape index (κ3) is 3.34. The summed E-state index contributed by atoms with van der Waals surface area (Å²) < 4.78 is 0. The minimum atomic E-state index is -0.140. The van der Waals surface area contributed by atoms with E-state index in [2.05, 4.69) is 29.6 Å². The van der Waals surface area contributed by atoms with Crippen LogP contribution in [0.15, 0.2) is 59.5 Å². The normalized spacial score (nSPS) is 13.8. The number of carbonyl (C=O) groups is 1. The number of halogens is 1. The quantitative estimate of drug-likeness (QED) is 0.541. The molecule has 132 valence electrons. The van der Waals surface area contributed by atoms with Crippen molar-refractivity contribution in [1.82, 2.24) is 0 Å². The van der Waals surface area contributed by atoms with Crippen molar-refractivity contribution in [2.75, 3.05) is 5.32 Å². The molecule has 1 aliphatic carbocycles. The summed E-state index contributed by atoms with van der Waals surface area (Å²) in [6, 6.07) is 18.2. The van der Waals surface area contributed by atoms with Crippen molar-refractivity contribution >= 4 is 45.7 Å². The van der Waals surface area contributed by atoms with Crippen molar-refractivity contribution in [3.05, 3.63) is 70.7 Å². The van der Waals surface area contributed by atoms with Crippen LogP contribution < -0.4 is 5.32 Å². The molecule has 0 fully saturated rings. The van der Waals surface area contributed by atoms with Gasteiger partial charge in [-0.25, -0.2) is 0 Å². The Morgan fingerprint density at radius 2 is 1.81 bits per heavy atom. The Morgan fingerprint density at radius 3 is 2.54 bits per heavy atom. The molecular weight excluding hydrogens is 362 g/mol. The number of hydrogen-bond acceptors (Lipinski definition) is 2. The van der Waals surface area contributed by atoms with E-state index in [0.717, 1.165) is 35.2 Å². The average molecular weight is 382 g/mol. The zero-order valence-corrected chi connectivity index (χ0v) is 16.2. The number of anilines is 1. The summed E-state index contributed by atoms with van der Waals surface area (Å²) in [5.41, 5.74) is 3.68. The lowest BCUT2D eigenvalue weighted by Crippen LogP contribution is -2.24. The molecule has 0 radical (unpaired) electrons. The van der Waals surface area contributed by atoms with Gasteiger partial charge in [0.15, 0.2) is 0 Å². The number of hydrogen-bond donors (Lipinski definition) is 1. The SMILES string of the molecule is CC[C@@H](Sc1ccc(Cl)cc1)C(=O)Nc1ccc2c3c(cccc13)CC2. The second-order valence-electron chi connectivity index (χ2n) is 6.57. The molecule has 1 amide bonds. The van der Waals surface area contributed by atoms with Crippen LogP contribution in [-0.4, -0.2) is 11.2 Å². The zero-order chi connectivity index (χ0) is 18.1. The number of rotatable bonds is 5. The molecule has 0 heterocycles. The summed E-state index contributed by atoms with van der Waals surface area (Å²) in [5, 5.41) is 6.21. The Kier molecular flexibility index (Phi) is 4.92. The van der Waals surface area contributed by atoms with Crippen molar-refractivity contribution in [3.63, 3.8) is 0 Å². The molecule has 0 saturated carbocycles. The van der Waals surface area contributed by atoms with Crippen LogP contribution in [0.1, 0.15) is 24.5 Å².